The first-order chi connectivity index (χ1) is 11.2. The van der Waals surface area contributed by atoms with E-state index in [4.69, 9.17) is 10.5 Å². The number of aryl methyl sites for hydroxylation is 2. The molecule has 3 rings (SSSR count). The first-order valence-corrected chi connectivity index (χ1v) is 7.67. The maximum atomic E-state index is 8.33. The summed E-state index contributed by atoms with van der Waals surface area (Å²) in [6, 6.07) is 10.3. The van der Waals surface area contributed by atoms with E-state index in [1.165, 1.54) is 0 Å². The molecule has 0 spiro atoms. The predicted octanol–water partition coefficient (Wildman–Crippen LogP) is 4.14. The van der Waals surface area contributed by atoms with Crippen LogP contribution in [0.3, 0.4) is 0 Å². The van der Waals surface area contributed by atoms with Crippen molar-refractivity contribution in [3.05, 3.63) is 63.9 Å². The Morgan fingerprint density at radius 2 is 2.04 bits per heavy atom. The number of hydrogen-bond donors (Lipinski definition) is 0. The summed E-state index contributed by atoms with van der Waals surface area (Å²) in [7, 11) is 0. The first-order valence-electron chi connectivity index (χ1n) is 7.67. The van der Waals surface area contributed by atoms with Crippen molar-refractivity contribution in [2.24, 2.45) is 5.11 Å². The number of hydrogen-bond acceptors (Lipinski definition) is 3. The van der Waals surface area contributed by atoms with Crippen molar-refractivity contribution in [3.8, 4) is 5.69 Å². The van der Waals surface area contributed by atoms with Crippen molar-refractivity contribution in [3.63, 3.8) is 0 Å². The second kappa shape index (κ2) is 6.50. The van der Waals surface area contributed by atoms with Crippen LogP contribution in [0.2, 0.25) is 0 Å². The molecule has 0 amide bonds. The van der Waals surface area contributed by atoms with Crippen molar-refractivity contribution in [2.75, 3.05) is 6.54 Å². The lowest BCUT2D eigenvalue weighted by Crippen LogP contribution is -2.01. The zero-order valence-corrected chi connectivity index (χ0v) is 13.3. The molecule has 3 aromatic rings. The van der Waals surface area contributed by atoms with Gasteiger partial charge in [0.05, 0.1) is 0 Å². The van der Waals surface area contributed by atoms with Gasteiger partial charge in [-0.2, -0.15) is 0 Å². The molecule has 6 nitrogen and oxygen atoms in total. The Morgan fingerprint density at radius 1 is 1.26 bits per heavy atom. The minimum atomic E-state index is 0.477. The molecule has 2 heterocycles. The number of pyridine rings is 1. The molecular formula is C17H18N6. The molecule has 0 unspecified atom stereocenters. The van der Waals surface area contributed by atoms with Gasteiger partial charge < -0.3 is 0 Å². The van der Waals surface area contributed by atoms with Crippen molar-refractivity contribution in [2.45, 2.75) is 26.7 Å². The molecule has 0 aliphatic rings. The summed E-state index contributed by atoms with van der Waals surface area (Å²) < 4.78 is 2.10. The number of rotatable bonds is 5. The molecular weight excluding hydrogens is 288 g/mol. The van der Waals surface area contributed by atoms with E-state index >= 15 is 0 Å². The van der Waals surface area contributed by atoms with Gasteiger partial charge in [0.15, 0.2) is 5.65 Å². The average molecular weight is 306 g/mol. The van der Waals surface area contributed by atoms with Gasteiger partial charge in [0.2, 0.25) is 0 Å². The maximum Gasteiger partial charge on any atom is 0.164 e. The largest absolute Gasteiger partial charge is 0.281 e. The molecule has 6 heteroatoms. The fraction of sp³-hybridized carbons (Fsp3) is 0.294. The van der Waals surface area contributed by atoms with E-state index in [1.54, 1.807) is 0 Å². The number of fused-ring (bicyclic) bond motifs is 1. The van der Waals surface area contributed by atoms with Gasteiger partial charge in [-0.15, -0.1) is 0 Å². The molecule has 0 saturated heterocycles. The van der Waals surface area contributed by atoms with E-state index in [-0.39, 0.29) is 0 Å². The van der Waals surface area contributed by atoms with Crippen LogP contribution < -0.4 is 0 Å². The topological polar surface area (TPSA) is 79.5 Å². The van der Waals surface area contributed by atoms with Crippen LogP contribution in [0, 0.1) is 6.92 Å². The third-order valence-corrected chi connectivity index (χ3v) is 3.78. The van der Waals surface area contributed by atoms with E-state index in [0.717, 1.165) is 46.6 Å². The van der Waals surface area contributed by atoms with Gasteiger partial charge >= 0.3 is 0 Å². The molecule has 0 aliphatic carbocycles. The van der Waals surface area contributed by atoms with Crippen molar-refractivity contribution < 1.29 is 0 Å². The molecule has 23 heavy (non-hydrogen) atoms. The monoisotopic (exact) mass is 306 g/mol. The summed E-state index contributed by atoms with van der Waals surface area (Å²) in [6.45, 7) is 4.60. The van der Waals surface area contributed by atoms with E-state index in [1.807, 2.05) is 13.1 Å². The highest BCUT2D eigenvalue weighted by atomic mass is 15.1. The Hall–Kier alpha value is -2.85. The minimum Gasteiger partial charge on any atom is -0.281 e. The lowest BCUT2D eigenvalue weighted by atomic mass is 10.1. The molecule has 1 aromatic carbocycles. The number of aromatic nitrogens is 3. The van der Waals surface area contributed by atoms with Gasteiger partial charge in [-0.05, 0) is 48.2 Å². The molecule has 0 aliphatic heterocycles. The van der Waals surface area contributed by atoms with Crippen LogP contribution >= 0.6 is 0 Å². The molecule has 0 radical (unpaired) electrons. The summed E-state index contributed by atoms with van der Waals surface area (Å²) in [5.41, 5.74) is 13.4. The third kappa shape index (κ3) is 3.03. The maximum absolute atomic E-state index is 8.33. The van der Waals surface area contributed by atoms with Crippen LogP contribution in [0.25, 0.3) is 27.3 Å². The summed E-state index contributed by atoms with van der Waals surface area (Å²) in [5, 5.41) is 3.57. The highest BCUT2D eigenvalue weighted by Crippen LogP contribution is 2.21. The van der Waals surface area contributed by atoms with Gasteiger partial charge in [-0.1, -0.05) is 24.2 Å². The molecule has 0 saturated carbocycles. The van der Waals surface area contributed by atoms with Crippen molar-refractivity contribution in [1.82, 2.24) is 14.5 Å². The van der Waals surface area contributed by atoms with Gasteiger partial charge in [-0.25, -0.2) is 9.97 Å². The van der Waals surface area contributed by atoms with Crippen LogP contribution in [-0.2, 0) is 12.8 Å². The van der Waals surface area contributed by atoms with Crippen LogP contribution in [0.15, 0.2) is 41.6 Å². The fourth-order valence-corrected chi connectivity index (χ4v) is 2.66. The summed E-state index contributed by atoms with van der Waals surface area (Å²) in [5.74, 6) is 1.000. The van der Waals surface area contributed by atoms with Gasteiger partial charge in [0.1, 0.15) is 11.3 Å². The zero-order chi connectivity index (χ0) is 16.2. The van der Waals surface area contributed by atoms with Crippen LogP contribution in [0.5, 0.6) is 0 Å². The molecule has 0 atom stereocenters. The van der Waals surface area contributed by atoms with Gasteiger partial charge in [0, 0.05) is 29.8 Å². The van der Waals surface area contributed by atoms with Crippen LogP contribution in [0.1, 0.15) is 23.9 Å². The lowest BCUT2D eigenvalue weighted by Gasteiger charge is -2.08. The van der Waals surface area contributed by atoms with Crippen LogP contribution in [-0.4, -0.2) is 21.1 Å². The second-order valence-corrected chi connectivity index (χ2v) is 5.44. The molecule has 0 fully saturated rings. The number of nitrogens with zero attached hydrogens (tertiary/aromatic N) is 6. The highest BCUT2D eigenvalue weighted by molar-refractivity contribution is 5.74. The fourth-order valence-electron chi connectivity index (χ4n) is 2.66. The first kappa shape index (κ1) is 15.1. The van der Waals surface area contributed by atoms with E-state index in [2.05, 4.69) is 56.8 Å². The summed E-state index contributed by atoms with van der Waals surface area (Å²) in [4.78, 5) is 12.0. The standard InChI is InChI=1S/C17H18N6/c1-3-16-21-15-10-12(2)11-19-17(15)23(16)14-6-4-13(5-7-14)8-9-20-22-18/h4-7,10-11H,3,8-9H2,1-2H3. The minimum absolute atomic E-state index is 0.477. The normalized spacial score (nSPS) is 10.7. The Morgan fingerprint density at radius 3 is 2.74 bits per heavy atom. The second-order valence-electron chi connectivity index (χ2n) is 5.44. The Kier molecular flexibility index (Phi) is 4.26. The van der Waals surface area contributed by atoms with Crippen molar-refractivity contribution >= 4 is 11.2 Å². The molecule has 0 N–H and O–H groups in total. The van der Waals surface area contributed by atoms with Crippen LogP contribution in [0.4, 0.5) is 0 Å². The molecule has 0 bridgehead atoms. The van der Waals surface area contributed by atoms with Crippen molar-refractivity contribution in [1.29, 1.82) is 0 Å². The average Bonchev–Trinajstić information content (AvgIpc) is 2.93. The summed E-state index contributed by atoms with van der Waals surface area (Å²) >= 11 is 0. The highest BCUT2D eigenvalue weighted by Gasteiger charge is 2.12. The Bertz CT molecular complexity index is 872. The quantitative estimate of drug-likeness (QED) is 0.403. The van der Waals surface area contributed by atoms with E-state index < -0.39 is 0 Å². The predicted molar refractivity (Wildman–Crippen MR) is 90.7 cm³/mol. The smallest absolute Gasteiger partial charge is 0.164 e. The Balaban J connectivity index is 2.00. The lowest BCUT2D eigenvalue weighted by molar-refractivity contribution is 0.898. The van der Waals surface area contributed by atoms with E-state index in [0.29, 0.717) is 6.54 Å². The van der Waals surface area contributed by atoms with E-state index in [9.17, 15) is 0 Å². The SMILES string of the molecule is CCc1nc2cc(C)cnc2n1-c1ccc(CCN=[N+]=[N-])cc1. The molecule has 2 aromatic heterocycles. The summed E-state index contributed by atoms with van der Waals surface area (Å²) in [6.07, 6.45) is 3.45. The van der Waals surface area contributed by atoms with Gasteiger partial charge in [-0.3, -0.25) is 4.57 Å². The number of benzene rings is 1. The molecule has 116 valence electrons. The third-order valence-electron chi connectivity index (χ3n) is 3.78. The zero-order valence-electron chi connectivity index (χ0n) is 13.3. The number of imidazole rings is 1. The van der Waals surface area contributed by atoms with Gasteiger partial charge in [0.25, 0.3) is 0 Å². The Labute approximate surface area is 134 Å². The number of azide groups is 1.